The van der Waals surface area contributed by atoms with Crippen LogP contribution in [-0.2, 0) is 0 Å². The molecule has 1 saturated carbocycles. The second-order valence-electron chi connectivity index (χ2n) is 3.74. The molecule has 0 bridgehead atoms. The van der Waals surface area contributed by atoms with Gasteiger partial charge in [-0.25, -0.2) is 0 Å². The number of aliphatic hydroxyl groups excluding tert-OH is 1. The zero-order chi connectivity index (χ0) is 9.10. The lowest BCUT2D eigenvalue weighted by atomic mass is 9.92. The second-order valence-corrected chi connectivity index (χ2v) is 3.74. The first-order chi connectivity index (χ1) is 6.38. The van der Waals surface area contributed by atoms with Crippen LogP contribution in [0.2, 0.25) is 0 Å². The lowest BCUT2D eigenvalue weighted by molar-refractivity contribution is -0.732. The van der Waals surface area contributed by atoms with Gasteiger partial charge in [0, 0.05) is 18.6 Å². The van der Waals surface area contributed by atoms with E-state index in [4.69, 9.17) is 0 Å². The van der Waals surface area contributed by atoms with Crippen molar-refractivity contribution >= 4 is 0 Å². The predicted molar refractivity (Wildman–Crippen MR) is 50.1 cm³/mol. The van der Waals surface area contributed by atoms with Crippen molar-refractivity contribution in [3.05, 3.63) is 30.6 Å². The van der Waals surface area contributed by atoms with Gasteiger partial charge >= 0.3 is 0 Å². The lowest BCUT2D eigenvalue weighted by Gasteiger charge is -2.22. The van der Waals surface area contributed by atoms with Crippen molar-refractivity contribution < 1.29 is 33.7 Å². The van der Waals surface area contributed by atoms with Gasteiger partial charge in [-0.05, 0) is 12.8 Å². The molecular weight excluding hydrogens is 289 g/mol. The molecular formula is C11H16INO. The summed E-state index contributed by atoms with van der Waals surface area (Å²) in [6.07, 6.45) is 8.40. The summed E-state index contributed by atoms with van der Waals surface area (Å²) in [5, 5.41) is 9.80. The number of nitrogens with zero attached hydrogens (tertiary/aromatic N) is 1. The first kappa shape index (κ1) is 11.9. The summed E-state index contributed by atoms with van der Waals surface area (Å²) < 4.78 is 2.13. The van der Waals surface area contributed by atoms with Crippen LogP contribution < -0.4 is 28.5 Å². The minimum absolute atomic E-state index is 0. The van der Waals surface area contributed by atoms with E-state index in [0.717, 1.165) is 12.8 Å². The van der Waals surface area contributed by atoms with Crippen molar-refractivity contribution in [3.8, 4) is 0 Å². The number of pyridine rings is 1. The fourth-order valence-corrected chi connectivity index (χ4v) is 2.07. The average Bonchev–Trinajstić information content (AvgIpc) is 2.20. The molecule has 2 nitrogen and oxygen atoms in total. The minimum Gasteiger partial charge on any atom is -1.00 e. The van der Waals surface area contributed by atoms with Crippen molar-refractivity contribution in [1.29, 1.82) is 0 Å². The number of aliphatic hydroxyl groups is 1. The van der Waals surface area contributed by atoms with Crippen LogP contribution in [0.1, 0.15) is 31.7 Å². The van der Waals surface area contributed by atoms with Crippen molar-refractivity contribution in [2.45, 2.75) is 37.8 Å². The Hall–Kier alpha value is -0.160. The number of hydrogen-bond donors (Lipinski definition) is 1. The van der Waals surface area contributed by atoms with Crippen LogP contribution >= 0.6 is 0 Å². The summed E-state index contributed by atoms with van der Waals surface area (Å²) >= 11 is 0. The molecule has 1 aromatic rings. The minimum atomic E-state index is -0.152. The molecule has 14 heavy (non-hydrogen) atoms. The topological polar surface area (TPSA) is 24.1 Å². The van der Waals surface area contributed by atoms with Gasteiger partial charge in [-0.2, -0.15) is 4.57 Å². The summed E-state index contributed by atoms with van der Waals surface area (Å²) in [7, 11) is 0. The molecule has 1 heterocycles. The first-order valence-electron chi connectivity index (χ1n) is 5.02. The highest BCUT2D eigenvalue weighted by Crippen LogP contribution is 2.23. The maximum absolute atomic E-state index is 9.80. The molecule has 0 amide bonds. The first-order valence-corrected chi connectivity index (χ1v) is 5.02. The Morgan fingerprint density at radius 3 is 2.29 bits per heavy atom. The maximum Gasteiger partial charge on any atom is 0.183 e. The highest BCUT2D eigenvalue weighted by Gasteiger charge is 2.29. The van der Waals surface area contributed by atoms with Gasteiger partial charge in [0.1, 0.15) is 6.10 Å². The van der Waals surface area contributed by atoms with Gasteiger partial charge in [0.25, 0.3) is 0 Å². The molecule has 3 heteroatoms. The largest absolute Gasteiger partial charge is 1.00 e. The SMILES string of the molecule is OC1CCCCC1[n+]1ccccc1.[I-]. The van der Waals surface area contributed by atoms with E-state index in [1.165, 1.54) is 12.8 Å². The van der Waals surface area contributed by atoms with Gasteiger partial charge in [0.2, 0.25) is 0 Å². The van der Waals surface area contributed by atoms with Crippen molar-refractivity contribution in [3.63, 3.8) is 0 Å². The molecule has 2 rings (SSSR count). The summed E-state index contributed by atoms with van der Waals surface area (Å²) in [6, 6.07) is 6.34. The Labute approximate surface area is 102 Å². The van der Waals surface area contributed by atoms with Crippen molar-refractivity contribution in [2.24, 2.45) is 0 Å². The maximum atomic E-state index is 9.80. The van der Waals surface area contributed by atoms with E-state index in [2.05, 4.69) is 4.57 Å². The van der Waals surface area contributed by atoms with Crippen LogP contribution in [0.15, 0.2) is 30.6 Å². The Bertz CT molecular complexity index is 265. The monoisotopic (exact) mass is 305 g/mol. The van der Waals surface area contributed by atoms with Crippen molar-refractivity contribution in [1.82, 2.24) is 0 Å². The van der Waals surface area contributed by atoms with E-state index in [1.54, 1.807) is 0 Å². The molecule has 78 valence electrons. The second kappa shape index (κ2) is 5.66. The molecule has 1 aliphatic rings. The van der Waals surface area contributed by atoms with Crippen LogP contribution in [0.5, 0.6) is 0 Å². The average molecular weight is 305 g/mol. The summed E-state index contributed by atoms with van der Waals surface area (Å²) in [4.78, 5) is 0. The van der Waals surface area contributed by atoms with Crippen LogP contribution in [-0.4, -0.2) is 11.2 Å². The molecule has 1 aliphatic carbocycles. The normalized spacial score (nSPS) is 26.6. The van der Waals surface area contributed by atoms with E-state index < -0.39 is 0 Å². The van der Waals surface area contributed by atoms with Gasteiger partial charge in [0.15, 0.2) is 18.4 Å². The van der Waals surface area contributed by atoms with Crippen LogP contribution in [0, 0.1) is 0 Å². The Balaban J connectivity index is 0.000000980. The Kier molecular flexibility index (Phi) is 4.81. The summed E-state index contributed by atoms with van der Waals surface area (Å²) in [5.74, 6) is 0. The van der Waals surface area contributed by atoms with Crippen LogP contribution in [0.4, 0.5) is 0 Å². The quantitative estimate of drug-likeness (QED) is 0.493. The van der Waals surface area contributed by atoms with E-state index in [0.29, 0.717) is 6.04 Å². The molecule has 1 N–H and O–H groups in total. The van der Waals surface area contributed by atoms with Gasteiger partial charge in [-0.15, -0.1) is 0 Å². The molecule has 2 atom stereocenters. The van der Waals surface area contributed by atoms with Crippen LogP contribution in [0.25, 0.3) is 0 Å². The fraction of sp³-hybridized carbons (Fsp3) is 0.545. The van der Waals surface area contributed by atoms with E-state index in [9.17, 15) is 5.11 Å². The molecule has 1 aromatic heterocycles. The fourth-order valence-electron chi connectivity index (χ4n) is 2.07. The molecule has 0 saturated heterocycles. The molecule has 0 aliphatic heterocycles. The molecule has 1 fully saturated rings. The number of rotatable bonds is 1. The smallest absolute Gasteiger partial charge is 0.183 e. The van der Waals surface area contributed by atoms with E-state index in [1.807, 2.05) is 30.6 Å². The summed E-state index contributed by atoms with van der Waals surface area (Å²) in [6.45, 7) is 0. The van der Waals surface area contributed by atoms with Gasteiger partial charge in [-0.1, -0.05) is 12.5 Å². The zero-order valence-corrected chi connectivity index (χ0v) is 10.3. The van der Waals surface area contributed by atoms with Crippen molar-refractivity contribution in [2.75, 3.05) is 0 Å². The zero-order valence-electron chi connectivity index (χ0n) is 8.14. The third-order valence-corrected chi connectivity index (χ3v) is 2.82. The van der Waals surface area contributed by atoms with Crippen LogP contribution in [0.3, 0.4) is 0 Å². The molecule has 0 aromatic carbocycles. The Morgan fingerprint density at radius 2 is 1.64 bits per heavy atom. The third kappa shape index (κ3) is 2.67. The third-order valence-electron chi connectivity index (χ3n) is 2.82. The molecule has 0 radical (unpaired) electrons. The predicted octanol–water partition coefficient (Wildman–Crippen LogP) is -1.55. The van der Waals surface area contributed by atoms with E-state index >= 15 is 0 Å². The van der Waals surface area contributed by atoms with Gasteiger partial charge < -0.3 is 29.1 Å². The Morgan fingerprint density at radius 1 is 1.00 bits per heavy atom. The summed E-state index contributed by atoms with van der Waals surface area (Å²) in [5.41, 5.74) is 0. The molecule has 2 unspecified atom stereocenters. The highest BCUT2D eigenvalue weighted by molar-refractivity contribution is 4.85. The number of hydrogen-bond acceptors (Lipinski definition) is 1. The molecule has 0 spiro atoms. The highest BCUT2D eigenvalue weighted by atomic mass is 127. The number of aromatic nitrogens is 1. The standard InChI is InChI=1S/C11H16NO.HI/c13-11-7-3-2-6-10(11)12-8-4-1-5-9-12;/h1,4-5,8-11,13H,2-3,6-7H2;1H/q+1;/p-1. The van der Waals surface area contributed by atoms with E-state index in [-0.39, 0.29) is 30.1 Å². The van der Waals surface area contributed by atoms with Gasteiger partial charge in [-0.3, -0.25) is 0 Å². The van der Waals surface area contributed by atoms with Gasteiger partial charge in [0.05, 0.1) is 0 Å². The number of halogens is 1. The lowest BCUT2D eigenvalue weighted by Crippen LogP contribution is -3.00.